The van der Waals surface area contributed by atoms with Gasteiger partial charge in [-0.1, -0.05) is 60.1 Å². The van der Waals surface area contributed by atoms with Crippen LogP contribution in [-0.2, 0) is 6.54 Å². The van der Waals surface area contributed by atoms with Crippen LogP contribution in [0, 0.1) is 6.92 Å². The lowest BCUT2D eigenvalue weighted by molar-refractivity contribution is 0.0590. The highest BCUT2D eigenvalue weighted by molar-refractivity contribution is 5.94. The number of rotatable bonds is 7. The third-order valence-corrected chi connectivity index (χ3v) is 5.92. The van der Waals surface area contributed by atoms with Gasteiger partial charge >= 0.3 is 0 Å². The number of benzene rings is 2. The Morgan fingerprint density at radius 2 is 1.81 bits per heavy atom. The first-order valence-corrected chi connectivity index (χ1v) is 11.1. The van der Waals surface area contributed by atoms with Crippen molar-refractivity contribution in [1.29, 1.82) is 0 Å². The van der Waals surface area contributed by atoms with Gasteiger partial charge in [0.05, 0.1) is 6.54 Å². The maximum absolute atomic E-state index is 12.7. The Bertz CT molecular complexity index is 976. The molecule has 4 rings (SSSR count). The Labute approximate surface area is 183 Å². The Kier molecular flexibility index (Phi) is 6.77. The van der Waals surface area contributed by atoms with Gasteiger partial charge in [-0.15, -0.1) is 0 Å². The molecule has 3 aromatic rings. The lowest BCUT2D eigenvalue weighted by Crippen LogP contribution is -2.46. The molecule has 1 fully saturated rings. The van der Waals surface area contributed by atoms with Crippen molar-refractivity contribution < 1.29 is 9.32 Å². The summed E-state index contributed by atoms with van der Waals surface area (Å²) in [5.41, 5.74) is 2.94. The normalized spacial score (nSPS) is 14.9. The van der Waals surface area contributed by atoms with E-state index in [-0.39, 0.29) is 5.91 Å². The van der Waals surface area contributed by atoms with E-state index in [4.69, 9.17) is 4.52 Å². The zero-order chi connectivity index (χ0) is 21.6. The first-order chi connectivity index (χ1) is 15.1. The van der Waals surface area contributed by atoms with Crippen LogP contribution in [-0.4, -0.2) is 51.5 Å². The summed E-state index contributed by atoms with van der Waals surface area (Å²) in [7, 11) is 0. The quantitative estimate of drug-likeness (QED) is 0.563. The number of aromatic nitrogens is 2. The van der Waals surface area contributed by atoms with Crippen molar-refractivity contribution in [2.45, 2.75) is 45.7 Å². The van der Waals surface area contributed by atoms with Gasteiger partial charge < -0.3 is 9.42 Å². The third kappa shape index (κ3) is 5.20. The average Bonchev–Trinajstić information content (AvgIpc) is 3.28. The Hall–Kier alpha value is -2.99. The highest BCUT2D eigenvalue weighted by Crippen LogP contribution is 2.22. The summed E-state index contributed by atoms with van der Waals surface area (Å²) in [4.78, 5) is 21.8. The van der Waals surface area contributed by atoms with E-state index in [1.54, 1.807) is 0 Å². The molecular weight excluding hydrogens is 388 g/mol. The van der Waals surface area contributed by atoms with E-state index in [2.05, 4.69) is 41.0 Å². The number of piperidine rings is 1. The summed E-state index contributed by atoms with van der Waals surface area (Å²) in [6.07, 6.45) is 2.97. The van der Waals surface area contributed by atoms with E-state index in [0.29, 0.717) is 24.3 Å². The number of carbonyl (C=O) groups is 1. The van der Waals surface area contributed by atoms with Crippen LogP contribution < -0.4 is 0 Å². The minimum Gasteiger partial charge on any atom is -0.339 e. The van der Waals surface area contributed by atoms with Gasteiger partial charge in [0.15, 0.2) is 0 Å². The molecule has 0 aliphatic carbocycles. The predicted molar refractivity (Wildman–Crippen MR) is 121 cm³/mol. The summed E-state index contributed by atoms with van der Waals surface area (Å²) in [6, 6.07) is 18.1. The molecule has 1 aliphatic rings. The molecule has 0 unspecified atom stereocenters. The molecule has 1 aromatic heterocycles. The molecule has 0 radical (unpaired) electrons. The highest BCUT2D eigenvalue weighted by atomic mass is 16.5. The molecule has 0 bridgehead atoms. The molecule has 1 aliphatic heterocycles. The molecule has 1 amide bonds. The smallest absolute Gasteiger partial charge is 0.253 e. The van der Waals surface area contributed by atoms with Gasteiger partial charge in [0, 0.05) is 30.3 Å². The number of likely N-dealkylation sites (tertiary alicyclic amines) is 1. The van der Waals surface area contributed by atoms with Gasteiger partial charge in [-0.2, -0.15) is 4.98 Å². The number of hydrogen-bond acceptors (Lipinski definition) is 5. The molecule has 6 nitrogen and oxygen atoms in total. The topological polar surface area (TPSA) is 62.5 Å². The molecule has 162 valence electrons. The third-order valence-electron chi connectivity index (χ3n) is 5.92. The van der Waals surface area contributed by atoms with Crippen molar-refractivity contribution in [2.24, 2.45) is 0 Å². The molecule has 0 spiro atoms. The standard InChI is InChI=1S/C25H30N4O2/c1-3-15-29(18-23-26-24(27-31-23)20-11-9-19(2)10-12-20)22-13-16-28(17-14-22)25(30)21-7-5-4-6-8-21/h4-12,22H,3,13-18H2,1-2H3. The maximum atomic E-state index is 12.7. The van der Waals surface area contributed by atoms with E-state index in [0.717, 1.165) is 50.0 Å². The number of amides is 1. The summed E-state index contributed by atoms with van der Waals surface area (Å²) in [6.45, 7) is 7.41. The second-order valence-corrected chi connectivity index (χ2v) is 8.24. The SMILES string of the molecule is CCCN(Cc1nc(-c2ccc(C)cc2)no1)C1CCN(C(=O)c2ccccc2)CC1. The Morgan fingerprint density at radius 1 is 1.10 bits per heavy atom. The lowest BCUT2D eigenvalue weighted by Gasteiger charge is -2.38. The number of hydrogen-bond donors (Lipinski definition) is 0. The van der Waals surface area contributed by atoms with Crippen molar-refractivity contribution in [2.75, 3.05) is 19.6 Å². The summed E-state index contributed by atoms with van der Waals surface area (Å²) in [5.74, 6) is 1.40. The zero-order valence-corrected chi connectivity index (χ0v) is 18.3. The molecule has 0 N–H and O–H groups in total. The molecule has 6 heteroatoms. The molecule has 0 saturated carbocycles. The van der Waals surface area contributed by atoms with Crippen molar-refractivity contribution in [1.82, 2.24) is 19.9 Å². The van der Waals surface area contributed by atoms with Crippen LogP contribution in [0.5, 0.6) is 0 Å². The van der Waals surface area contributed by atoms with E-state index in [1.165, 1.54) is 5.56 Å². The van der Waals surface area contributed by atoms with Crippen molar-refractivity contribution >= 4 is 5.91 Å². The second-order valence-electron chi connectivity index (χ2n) is 8.24. The monoisotopic (exact) mass is 418 g/mol. The van der Waals surface area contributed by atoms with Crippen molar-refractivity contribution in [3.63, 3.8) is 0 Å². The van der Waals surface area contributed by atoms with Crippen LogP contribution >= 0.6 is 0 Å². The first kappa shape index (κ1) is 21.2. The second kappa shape index (κ2) is 9.88. The molecule has 1 saturated heterocycles. The Balaban J connectivity index is 1.37. The average molecular weight is 419 g/mol. The summed E-state index contributed by atoms with van der Waals surface area (Å²) in [5, 5.41) is 4.18. The van der Waals surface area contributed by atoms with Gasteiger partial charge in [-0.25, -0.2) is 0 Å². The van der Waals surface area contributed by atoms with Gasteiger partial charge in [0.1, 0.15) is 0 Å². The van der Waals surface area contributed by atoms with E-state index in [1.807, 2.05) is 47.4 Å². The van der Waals surface area contributed by atoms with Crippen LogP contribution in [0.3, 0.4) is 0 Å². The highest BCUT2D eigenvalue weighted by Gasteiger charge is 2.28. The van der Waals surface area contributed by atoms with Gasteiger partial charge in [-0.3, -0.25) is 9.69 Å². The molecule has 0 atom stereocenters. The lowest BCUT2D eigenvalue weighted by atomic mass is 10.0. The van der Waals surface area contributed by atoms with E-state index in [9.17, 15) is 4.79 Å². The fraction of sp³-hybridized carbons (Fsp3) is 0.400. The molecule has 2 heterocycles. The minimum absolute atomic E-state index is 0.126. The fourth-order valence-corrected chi connectivity index (χ4v) is 4.19. The molecular formula is C25H30N4O2. The van der Waals surface area contributed by atoms with Crippen molar-refractivity contribution in [3.05, 3.63) is 71.6 Å². The minimum atomic E-state index is 0.126. The van der Waals surface area contributed by atoms with Crippen LogP contribution in [0.2, 0.25) is 0 Å². The van der Waals surface area contributed by atoms with Crippen LogP contribution in [0.1, 0.15) is 48.0 Å². The summed E-state index contributed by atoms with van der Waals surface area (Å²) < 4.78 is 5.57. The fourth-order valence-electron chi connectivity index (χ4n) is 4.19. The largest absolute Gasteiger partial charge is 0.339 e. The maximum Gasteiger partial charge on any atom is 0.253 e. The van der Waals surface area contributed by atoms with Gasteiger partial charge in [0.2, 0.25) is 11.7 Å². The van der Waals surface area contributed by atoms with Gasteiger partial charge in [-0.05, 0) is 44.9 Å². The first-order valence-electron chi connectivity index (χ1n) is 11.1. The predicted octanol–water partition coefficient (Wildman–Crippen LogP) is 4.56. The van der Waals surface area contributed by atoms with E-state index < -0.39 is 0 Å². The van der Waals surface area contributed by atoms with Crippen LogP contribution in [0.25, 0.3) is 11.4 Å². The number of carbonyl (C=O) groups excluding carboxylic acids is 1. The summed E-state index contributed by atoms with van der Waals surface area (Å²) >= 11 is 0. The van der Waals surface area contributed by atoms with Crippen LogP contribution in [0.15, 0.2) is 59.1 Å². The molecule has 31 heavy (non-hydrogen) atoms. The number of nitrogens with zero attached hydrogens (tertiary/aromatic N) is 4. The van der Waals surface area contributed by atoms with Crippen molar-refractivity contribution in [3.8, 4) is 11.4 Å². The van der Waals surface area contributed by atoms with Gasteiger partial charge in [0.25, 0.3) is 5.91 Å². The Morgan fingerprint density at radius 3 is 2.48 bits per heavy atom. The number of aryl methyl sites for hydroxylation is 1. The van der Waals surface area contributed by atoms with Crippen LogP contribution in [0.4, 0.5) is 0 Å². The molecule has 2 aromatic carbocycles. The zero-order valence-electron chi connectivity index (χ0n) is 18.3. The van der Waals surface area contributed by atoms with E-state index >= 15 is 0 Å².